The van der Waals surface area contributed by atoms with Gasteiger partial charge in [-0.15, -0.1) is 4.68 Å². The number of benzene rings is 1. The highest BCUT2D eigenvalue weighted by atomic mass is 32.2. The minimum Gasteiger partial charge on any atom is -0.352 e. The van der Waals surface area contributed by atoms with Gasteiger partial charge in [0.1, 0.15) is 10.8 Å². The van der Waals surface area contributed by atoms with Crippen molar-refractivity contribution in [3.8, 4) is 5.69 Å². The molecule has 0 aliphatic heterocycles. The van der Waals surface area contributed by atoms with Gasteiger partial charge in [0.15, 0.2) is 5.21 Å². The summed E-state index contributed by atoms with van der Waals surface area (Å²) in [6.45, 7) is 2.22. The monoisotopic (exact) mass is 332 g/mol. The fourth-order valence-electron chi connectivity index (χ4n) is 2.95. The summed E-state index contributed by atoms with van der Waals surface area (Å²) in [5.41, 5.74) is 0.946. The Balaban J connectivity index is 1.57. The maximum absolute atomic E-state index is 12.2. The highest BCUT2D eigenvalue weighted by Gasteiger charge is 2.24. The average molecular weight is 332 g/mol. The van der Waals surface area contributed by atoms with E-state index in [-0.39, 0.29) is 5.91 Å². The van der Waals surface area contributed by atoms with Gasteiger partial charge in [0, 0.05) is 6.04 Å². The zero-order chi connectivity index (χ0) is 16.1. The molecule has 1 heterocycles. The SMILES string of the molecule is CC1CCCCC1NC(=O)CSc1nn[nH][n+]1-c1ccccc1. The molecule has 2 aromatic rings. The van der Waals surface area contributed by atoms with Crippen LogP contribution in [0, 0.1) is 5.92 Å². The molecule has 3 rings (SSSR count). The van der Waals surface area contributed by atoms with E-state index in [2.05, 4.69) is 27.8 Å². The summed E-state index contributed by atoms with van der Waals surface area (Å²) in [7, 11) is 0. The Morgan fingerprint density at radius 3 is 2.91 bits per heavy atom. The number of amides is 1. The molecule has 1 aromatic heterocycles. The van der Waals surface area contributed by atoms with Crippen LogP contribution in [-0.4, -0.2) is 33.2 Å². The molecule has 1 aliphatic carbocycles. The molecule has 2 atom stereocenters. The normalized spacial score (nSPS) is 21.1. The van der Waals surface area contributed by atoms with Crippen molar-refractivity contribution in [3.63, 3.8) is 0 Å². The Morgan fingerprint density at radius 2 is 2.13 bits per heavy atom. The van der Waals surface area contributed by atoms with Crippen LogP contribution in [0.3, 0.4) is 0 Å². The zero-order valence-electron chi connectivity index (χ0n) is 13.2. The van der Waals surface area contributed by atoms with Crippen LogP contribution in [0.25, 0.3) is 5.69 Å². The lowest BCUT2D eigenvalue weighted by Gasteiger charge is -2.29. The van der Waals surface area contributed by atoms with Crippen LogP contribution in [0.4, 0.5) is 0 Å². The van der Waals surface area contributed by atoms with Crippen molar-refractivity contribution >= 4 is 17.7 Å². The molecule has 23 heavy (non-hydrogen) atoms. The molecular formula is C16H22N5OS+. The minimum atomic E-state index is 0.0661. The Bertz CT molecular complexity index is 645. The Labute approximate surface area is 140 Å². The molecule has 0 radical (unpaired) electrons. The van der Waals surface area contributed by atoms with Crippen molar-refractivity contribution in [2.24, 2.45) is 5.92 Å². The number of para-hydroxylation sites is 1. The zero-order valence-corrected chi connectivity index (χ0v) is 14.1. The lowest BCUT2D eigenvalue weighted by atomic mass is 9.86. The third kappa shape index (κ3) is 4.10. The molecule has 7 heteroatoms. The van der Waals surface area contributed by atoms with Crippen LogP contribution in [0.2, 0.25) is 0 Å². The first-order chi connectivity index (χ1) is 11.2. The van der Waals surface area contributed by atoms with Crippen LogP contribution in [0.15, 0.2) is 35.5 Å². The van der Waals surface area contributed by atoms with Crippen LogP contribution in [0.5, 0.6) is 0 Å². The topological polar surface area (TPSA) is 74.5 Å². The summed E-state index contributed by atoms with van der Waals surface area (Å²) in [6, 6.07) is 10.1. The maximum atomic E-state index is 12.2. The van der Waals surface area contributed by atoms with E-state index in [1.54, 1.807) is 4.68 Å². The third-order valence-corrected chi connectivity index (χ3v) is 5.21. The lowest BCUT2D eigenvalue weighted by molar-refractivity contribution is -0.697. The molecule has 0 saturated heterocycles. The van der Waals surface area contributed by atoms with E-state index < -0.39 is 0 Å². The van der Waals surface area contributed by atoms with Crippen LogP contribution in [0.1, 0.15) is 32.6 Å². The van der Waals surface area contributed by atoms with Gasteiger partial charge in [-0.3, -0.25) is 4.79 Å². The molecule has 1 fully saturated rings. The van der Waals surface area contributed by atoms with Gasteiger partial charge in [0.2, 0.25) is 5.91 Å². The number of rotatable bonds is 5. The molecular weight excluding hydrogens is 310 g/mol. The number of carbonyl (C=O) groups is 1. The Morgan fingerprint density at radius 1 is 1.35 bits per heavy atom. The van der Waals surface area contributed by atoms with Gasteiger partial charge in [-0.05, 0) is 42.7 Å². The first-order valence-corrected chi connectivity index (χ1v) is 9.03. The molecule has 1 aliphatic rings. The molecule has 1 amide bonds. The van der Waals surface area contributed by atoms with Crippen LogP contribution >= 0.6 is 11.8 Å². The van der Waals surface area contributed by atoms with Crippen molar-refractivity contribution in [1.29, 1.82) is 0 Å². The van der Waals surface area contributed by atoms with Crippen molar-refractivity contribution < 1.29 is 9.48 Å². The third-order valence-electron chi connectivity index (χ3n) is 4.28. The molecule has 6 nitrogen and oxygen atoms in total. The first-order valence-electron chi connectivity index (χ1n) is 8.05. The number of tetrazole rings is 1. The molecule has 1 saturated carbocycles. The number of hydrogen-bond donors (Lipinski definition) is 2. The van der Waals surface area contributed by atoms with Crippen molar-refractivity contribution in [3.05, 3.63) is 30.3 Å². The van der Waals surface area contributed by atoms with E-state index in [0.29, 0.717) is 22.9 Å². The van der Waals surface area contributed by atoms with E-state index in [0.717, 1.165) is 12.1 Å². The fourth-order valence-corrected chi connectivity index (χ4v) is 3.66. The van der Waals surface area contributed by atoms with Gasteiger partial charge >= 0.3 is 5.16 Å². The summed E-state index contributed by atoms with van der Waals surface area (Å²) in [5, 5.41) is 14.6. The van der Waals surface area contributed by atoms with Crippen molar-refractivity contribution in [2.45, 2.75) is 43.8 Å². The van der Waals surface area contributed by atoms with Gasteiger partial charge in [0.05, 0.1) is 5.75 Å². The second-order valence-corrected chi connectivity index (χ2v) is 6.92. The lowest BCUT2D eigenvalue weighted by Crippen LogP contribution is -2.42. The summed E-state index contributed by atoms with van der Waals surface area (Å²) in [6.07, 6.45) is 4.78. The molecule has 0 spiro atoms. The first kappa shape index (κ1) is 16.0. The number of hydrogen-bond acceptors (Lipinski definition) is 4. The van der Waals surface area contributed by atoms with Crippen LogP contribution < -0.4 is 10.00 Å². The number of aromatic nitrogens is 4. The molecule has 0 bridgehead atoms. The largest absolute Gasteiger partial charge is 0.365 e. The van der Waals surface area contributed by atoms with E-state index in [9.17, 15) is 4.79 Å². The molecule has 2 N–H and O–H groups in total. The summed E-state index contributed by atoms with van der Waals surface area (Å²) >= 11 is 1.39. The summed E-state index contributed by atoms with van der Waals surface area (Å²) in [4.78, 5) is 12.2. The average Bonchev–Trinajstić information content (AvgIpc) is 3.04. The van der Waals surface area contributed by atoms with E-state index >= 15 is 0 Å². The molecule has 1 aromatic carbocycles. The van der Waals surface area contributed by atoms with Gasteiger partial charge in [0.25, 0.3) is 0 Å². The highest BCUT2D eigenvalue weighted by molar-refractivity contribution is 7.99. The summed E-state index contributed by atoms with van der Waals surface area (Å²) < 4.78 is 1.78. The van der Waals surface area contributed by atoms with Crippen molar-refractivity contribution in [1.82, 2.24) is 20.8 Å². The van der Waals surface area contributed by atoms with E-state index in [1.807, 2.05) is 30.3 Å². The predicted molar refractivity (Wildman–Crippen MR) is 88.2 cm³/mol. The minimum absolute atomic E-state index is 0.0661. The number of H-pyrrole nitrogens is 1. The predicted octanol–water partition coefficient (Wildman–Crippen LogP) is 1.87. The highest BCUT2D eigenvalue weighted by Crippen LogP contribution is 2.23. The molecule has 2 unspecified atom stereocenters. The van der Waals surface area contributed by atoms with Gasteiger partial charge in [-0.25, -0.2) is 0 Å². The Hall–Kier alpha value is -1.89. The number of carbonyl (C=O) groups excluding carboxylic acids is 1. The number of thioether (sulfide) groups is 1. The fraction of sp³-hybridized carbons (Fsp3) is 0.500. The van der Waals surface area contributed by atoms with Gasteiger partial charge in [-0.2, -0.15) is 0 Å². The standard InChI is InChI=1S/C16H21N5OS/c1-12-7-5-6-10-14(12)17-15(22)11-23-16-18-19-20-21(16)13-8-3-2-4-9-13/h2-4,8-9,12,14H,5-7,10-11H2,1H3,(H,17,22)/p+1. The second-order valence-electron chi connectivity index (χ2n) is 5.98. The maximum Gasteiger partial charge on any atom is 0.365 e. The second kappa shape index (κ2) is 7.59. The Kier molecular flexibility index (Phi) is 5.27. The van der Waals surface area contributed by atoms with Crippen LogP contribution in [-0.2, 0) is 4.79 Å². The number of nitrogens with one attached hydrogen (secondary N) is 2. The number of nitrogens with zero attached hydrogens (tertiary/aromatic N) is 3. The molecule has 122 valence electrons. The van der Waals surface area contributed by atoms with Crippen molar-refractivity contribution in [2.75, 3.05) is 5.75 Å². The van der Waals surface area contributed by atoms with E-state index in [1.165, 1.54) is 31.0 Å². The van der Waals surface area contributed by atoms with E-state index in [4.69, 9.17) is 0 Å². The number of aromatic amines is 1. The smallest absolute Gasteiger partial charge is 0.352 e. The van der Waals surface area contributed by atoms with Gasteiger partial charge in [-0.1, -0.05) is 43.2 Å². The van der Waals surface area contributed by atoms with Gasteiger partial charge < -0.3 is 5.32 Å². The summed E-state index contributed by atoms with van der Waals surface area (Å²) in [5.74, 6) is 0.984. The quantitative estimate of drug-likeness (QED) is 0.647.